The molecule has 0 N–H and O–H groups in total. The van der Waals surface area contributed by atoms with E-state index in [4.69, 9.17) is 0 Å². The van der Waals surface area contributed by atoms with E-state index in [1.165, 1.54) is 12.1 Å². The largest absolute Gasteiger partial charge is 0.294 e. The van der Waals surface area contributed by atoms with Crippen LogP contribution in [0.4, 0.5) is 4.39 Å². The smallest absolute Gasteiger partial charge is 0.251 e. The molecule has 1 aromatic carbocycles. The highest BCUT2D eigenvalue weighted by Gasteiger charge is 2.30. The zero-order chi connectivity index (χ0) is 17.6. The number of carbonyl (C=O) groups excluding carboxylic acids is 1. The van der Waals surface area contributed by atoms with Crippen LogP contribution in [0, 0.1) is 19.7 Å². The number of aromatic nitrogens is 4. The first-order valence-electron chi connectivity index (χ1n) is 8.19. The molecule has 1 atom stereocenters. The predicted molar refractivity (Wildman–Crippen MR) is 90.4 cm³/mol. The van der Waals surface area contributed by atoms with E-state index in [0.717, 1.165) is 22.6 Å². The van der Waals surface area contributed by atoms with E-state index in [1.54, 1.807) is 23.0 Å². The van der Waals surface area contributed by atoms with Gasteiger partial charge in [0.05, 0.1) is 17.5 Å². The monoisotopic (exact) mass is 336 g/mol. The fourth-order valence-electron chi connectivity index (χ4n) is 3.39. The molecule has 4 rings (SSSR count). The number of carbonyl (C=O) groups is 1. The van der Waals surface area contributed by atoms with Gasteiger partial charge in [-0.2, -0.15) is 5.10 Å². The molecular weight excluding hydrogens is 319 g/mol. The highest BCUT2D eigenvalue weighted by molar-refractivity contribution is 5.98. The van der Waals surface area contributed by atoms with Gasteiger partial charge in [0.25, 0.3) is 5.95 Å². The van der Waals surface area contributed by atoms with Crippen LogP contribution >= 0.6 is 0 Å². The summed E-state index contributed by atoms with van der Waals surface area (Å²) < 4.78 is 14.8. The highest BCUT2D eigenvalue weighted by atomic mass is 19.1. The summed E-state index contributed by atoms with van der Waals surface area (Å²) in [6.45, 7) is 3.81. The number of halogens is 1. The second-order valence-electron chi connectivity index (χ2n) is 6.45. The van der Waals surface area contributed by atoms with Gasteiger partial charge < -0.3 is 0 Å². The third-order valence-corrected chi connectivity index (χ3v) is 4.54. The zero-order valence-electron chi connectivity index (χ0n) is 14.0. The molecule has 6 heteroatoms. The summed E-state index contributed by atoms with van der Waals surface area (Å²) >= 11 is 0. The fraction of sp³-hybridized carbons (Fsp3) is 0.263. The number of ketones is 1. The lowest BCUT2D eigenvalue weighted by Gasteiger charge is -2.22. The molecule has 3 aromatic rings. The lowest BCUT2D eigenvalue weighted by molar-refractivity contribution is 0.0963. The van der Waals surface area contributed by atoms with Crippen molar-refractivity contribution in [2.45, 2.75) is 32.6 Å². The molecule has 0 bridgehead atoms. The summed E-state index contributed by atoms with van der Waals surface area (Å²) in [5.74, 6) is 0.250. The first kappa shape index (κ1) is 15.6. The van der Waals surface area contributed by atoms with E-state index >= 15 is 0 Å². The average Bonchev–Trinajstić information content (AvgIpc) is 2.99. The van der Waals surface area contributed by atoms with Crippen LogP contribution in [0.3, 0.4) is 0 Å². The molecule has 0 saturated heterocycles. The average molecular weight is 336 g/mol. The maximum Gasteiger partial charge on any atom is 0.251 e. The molecule has 0 fully saturated rings. The van der Waals surface area contributed by atoms with Crippen molar-refractivity contribution in [2.24, 2.45) is 0 Å². The van der Waals surface area contributed by atoms with E-state index in [2.05, 4.69) is 15.1 Å². The Balaban J connectivity index is 1.76. The van der Waals surface area contributed by atoms with Crippen molar-refractivity contribution in [3.8, 4) is 5.95 Å². The molecule has 1 aliphatic carbocycles. The molecule has 0 spiro atoms. The molecule has 5 nitrogen and oxygen atoms in total. The van der Waals surface area contributed by atoms with Crippen molar-refractivity contribution in [3.05, 3.63) is 70.6 Å². The summed E-state index contributed by atoms with van der Waals surface area (Å²) in [4.78, 5) is 21.4. The Morgan fingerprint density at radius 1 is 1.08 bits per heavy atom. The van der Waals surface area contributed by atoms with Gasteiger partial charge in [0, 0.05) is 17.8 Å². The quantitative estimate of drug-likeness (QED) is 0.720. The maximum absolute atomic E-state index is 13.2. The Kier molecular flexibility index (Phi) is 3.67. The first-order chi connectivity index (χ1) is 12.0. The van der Waals surface area contributed by atoms with Gasteiger partial charge in [-0.1, -0.05) is 12.1 Å². The van der Waals surface area contributed by atoms with Crippen LogP contribution in [-0.4, -0.2) is 25.5 Å². The van der Waals surface area contributed by atoms with Gasteiger partial charge in [0.1, 0.15) is 5.82 Å². The van der Waals surface area contributed by atoms with Crippen LogP contribution in [0.1, 0.15) is 45.3 Å². The number of Topliss-reactive ketones (excluding diaryl/α,β-unsaturated/α-hetero) is 1. The molecule has 1 aliphatic rings. The van der Waals surface area contributed by atoms with Crippen molar-refractivity contribution >= 4 is 5.78 Å². The molecule has 0 radical (unpaired) electrons. The van der Waals surface area contributed by atoms with Gasteiger partial charge in [0.15, 0.2) is 5.78 Å². The van der Waals surface area contributed by atoms with Gasteiger partial charge in [-0.3, -0.25) is 4.79 Å². The van der Waals surface area contributed by atoms with E-state index in [-0.39, 0.29) is 17.5 Å². The Hall–Kier alpha value is -2.89. The minimum atomic E-state index is -0.278. The van der Waals surface area contributed by atoms with Crippen LogP contribution in [0.25, 0.3) is 5.95 Å². The number of rotatable bonds is 2. The molecule has 0 aliphatic heterocycles. The summed E-state index contributed by atoms with van der Waals surface area (Å²) in [6.07, 6.45) is 2.64. The Labute approximate surface area is 144 Å². The minimum Gasteiger partial charge on any atom is -0.294 e. The number of nitrogens with zero attached hydrogens (tertiary/aromatic N) is 4. The van der Waals surface area contributed by atoms with Crippen molar-refractivity contribution in [2.75, 3.05) is 0 Å². The lowest BCUT2D eigenvalue weighted by Crippen LogP contribution is -2.21. The van der Waals surface area contributed by atoms with E-state index in [9.17, 15) is 9.18 Å². The summed E-state index contributed by atoms with van der Waals surface area (Å²) in [6, 6.07) is 8.24. The van der Waals surface area contributed by atoms with Crippen LogP contribution < -0.4 is 0 Å². The SMILES string of the molecule is Cc1cc(C)nc(-n2ncc3c2C[C@@H](c2ccc(F)cc2)CC3=O)n1. The van der Waals surface area contributed by atoms with Crippen molar-refractivity contribution in [3.63, 3.8) is 0 Å². The molecule has 0 unspecified atom stereocenters. The molecule has 2 aromatic heterocycles. The molecule has 0 saturated carbocycles. The van der Waals surface area contributed by atoms with Crippen LogP contribution in [-0.2, 0) is 6.42 Å². The van der Waals surface area contributed by atoms with Gasteiger partial charge in [-0.25, -0.2) is 19.0 Å². The second-order valence-corrected chi connectivity index (χ2v) is 6.45. The summed E-state index contributed by atoms with van der Waals surface area (Å²) in [5, 5.41) is 4.35. The third-order valence-electron chi connectivity index (χ3n) is 4.54. The fourth-order valence-corrected chi connectivity index (χ4v) is 3.39. The van der Waals surface area contributed by atoms with Crippen LogP contribution in [0.2, 0.25) is 0 Å². The standard InChI is InChI=1S/C19H17FN4O/c1-11-7-12(2)23-19(22-11)24-17-8-14(9-18(25)16(17)10-21-24)13-3-5-15(20)6-4-13/h3-7,10,14H,8-9H2,1-2H3/t14-/m1/s1. The van der Waals surface area contributed by atoms with E-state index in [1.807, 2.05) is 19.9 Å². The van der Waals surface area contributed by atoms with Crippen molar-refractivity contribution < 1.29 is 9.18 Å². The Morgan fingerprint density at radius 2 is 1.76 bits per heavy atom. The van der Waals surface area contributed by atoms with Crippen molar-refractivity contribution in [1.82, 2.24) is 19.7 Å². The predicted octanol–water partition coefficient (Wildman–Crippen LogP) is 3.33. The van der Waals surface area contributed by atoms with Gasteiger partial charge in [-0.15, -0.1) is 0 Å². The van der Waals surface area contributed by atoms with Gasteiger partial charge in [0.2, 0.25) is 0 Å². The first-order valence-corrected chi connectivity index (χ1v) is 8.19. The molecule has 2 heterocycles. The van der Waals surface area contributed by atoms with E-state index in [0.29, 0.717) is 24.4 Å². The third kappa shape index (κ3) is 2.84. The molecule has 126 valence electrons. The minimum absolute atomic E-state index is 0.00181. The number of hydrogen-bond donors (Lipinski definition) is 0. The molecular formula is C19H17FN4O. The Morgan fingerprint density at radius 3 is 2.44 bits per heavy atom. The van der Waals surface area contributed by atoms with Gasteiger partial charge >= 0.3 is 0 Å². The van der Waals surface area contributed by atoms with Gasteiger partial charge in [-0.05, 0) is 49.9 Å². The topological polar surface area (TPSA) is 60.7 Å². The maximum atomic E-state index is 13.2. The van der Waals surface area contributed by atoms with Crippen LogP contribution in [0.5, 0.6) is 0 Å². The number of hydrogen-bond acceptors (Lipinski definition) is 4. The number of aryl methyl sites for hydroxylation is 2. The molecule has 0 amide bonds. The van der Waals surface area contributed by atoms with Crippen molar-refractivity contribution in [1.29, 1.82) is 0 Å². The molecule has 25 heavy (non-hydrogen) atoms. The summed E-state index contributed by atoms with van der Waals surface area (Å²) in [7, 11) is 0. The Bertz CT molecular complexity index is 942. The summed E-state index contributed by atoms with van der Waals surface area (Å²) in [5.41, 5.74) is 4.10. The van der Waals surface area contributed by atoms with Crippen LogP contribution in [0.15, 0.2) is 36.5 Å². The highest BCUT2D eigenvalue weighted by Crippen LogP contribution is 2.33. The zero-order valence-corrected chi connectivity index (χ0v) is 14.0. The second kappa shape index (κ2) is 5.88. The number of fused-ring (bicyclic) bond motifs is 1. The normalized spacial score (nSPS) is 16.8. The lowest BCUT2D eigenvalue weighted by atomic mass is 9.82. The number of benzene rings is 1. The van der Waals surface area contributed by atoms with E-state index < -0.39 is 0 Å².